The first-order valence-corrected chi connectivity index (χ1v) is 6.79. The first-order chi connectivity index (χ1) is 9.45. The number of hydrogen-bond donors (Lipinski definition) is 3. The molecule has 7 heteroatoms. The highest BCUT2D eigenvalue weighted by molar-refractivity contribution is 9.10. The first kappa shape index (κ1) is 16.5. The fourth-order valence-electron chi connectivity index (χ4n) is 1.55. The van der Waals surface area contributed by atoms with Gasteiger partial charge in [-0.3, -0.25) is 0 Å². The summed E-state index contributed by atoms with van der Waals surface area (Å²) in [6.45, 7) is 2.15. The van der Waals surface area contributed by atoms with Gasteiger partial charge in [0, 0.05) is 24.6 Å². The highest BCUT2D eigenvalue weighted by Crippen LogP contribution is 2.25. The number of carbonyl (C=O) groups is 2. The number of anilines is 1. The van der Waals surface area contributed by atoms with Crippen molar-refractivity contribution in [2.24, 2.45) is 0 Å². The minimum absolute atomic E-state index is 0.203. The summed E-state index contributed by atoms with van der Waals surface area (Å²) in [6, 6.07) is 3.86. The zero-order valence-corrected chi connectivity index (χ0v) is 12.9. The zero-order chi connectivity index (χ0) is 15.1. The number of ether oxygens (including phenoxy) is 1. The van der Waals surface area contributed by atoms with Crippen LogP contribution in [-0.2, 0) is 9.53 Å². The van der Waals surface area contributed by atoms with E-state index in [1.165, 1.54) is 7.11 Å². The minimum atomic E-state index is -1.10. The summed E-state index contributed by atoms with van der Waals surface area (Å²) in [5.74, 6) is -1.10. The van der Waals surface area contributed by atoms with Crippen LogP contribution in [0.15, 0.2) is 22.7 Å². The van der Waals surface area contributed by atoms with Crippen molar-refractivity contribution in [2.75, 3.05) is 19.0 Å². The van der Waals surface area contributed by atoms with Crippen molar-refractivity contribution in [1.82, 2.24) is 5.32 Å². The number of methoxy groups -OCH3 is 1. The second-order valence-corrected chi connectivity index (χ2v) is 5.00. The van der Waals surface area contributed by atoms with Crippen LogP contribution in [-0.4, -0.2) is 36.9 Å². The number of carboxylic acids is 1. The SMILES string of the molecule is COCCC(NC(=O)Nc1cccc(C)c1Br)C(=O)O. The molecule has 1 unspecified atom stereocenters. The number of carbonyl (C=O) groups excluding carboxylic acids is 1. The number of aryl methyl sites for hydroxylation is 1. The smallest absolute Gasteiger partial charge is 0.326 e. The summed E-state index contributed by atoms with van der Waals surface area (Å²) in [5, 5.41) is 14.0. The van der Waals surface area contributed by atoms with Gasteiger partial charge in [-0.1, -0.05) is 12.1 Å². The van der Waals surface area contributed by atoms with E-state index in [4.69, 9.17) is 9.84 Å². The second kappa shape index (κ2) is 7.86. The van der Waals surface area contributed by atoms with Crippen LogP contribution in [0.4, 0.5) is 10.5 Å². The molecule has 110 valence electrons. The topological polar surface area (TPSA) is 87.7 Å². The first-order valence-electron chi connectivity index (χ1n) is 6.00. The fourth-order valence-corrected chi connectivity index (χ4v) is 1.92. The number of amides is 2. The number of rotatable bonds is 6. The fraction of sp³-hybridized carbons (Fsp3) is 0.385. The second-order valence-electron chi connectivity index (χ2n) is 4.21. The van der Waals surface area contributed by atoms with Crippen LogP contribution in [0.1, 0.15) is 12.0 Å². The van der Waals surface area contributed by atoms with Crippen molar-refractivity contribution in [3.63, 3.8) is 0 Å². The van der Waals surface area contributed by atoms with Crippen LogP contribution in [0.3, 0.4) is 0 Å². The molecule has 0 aliphatic carbocycles. The Balaban J connectivity index is 2.66. The van der Waals surface area contributed by atoms with Crippen molar-refractivity contribution in [3.05, 3.63) is 28.2 Å². The van der Waals surface area contributed by atoms with Crippen molar-refractivity contribution in [1.29, 1.82) is 0 Å². The molecular formula is C13H17BrN2O4. The third-order valence-electron chi connectivity index (χ3n) is 2.65. The predicted octanol–water partition coefficient (Wildman–Crippen LogP) is 2.37. The Labute approximate surface area is 125 Å². The van der Waals surface area contributed by atoms with Gasteiger partial charge >= 0.3 is 12.0 Å². The van der Waals surface area contributed by atoms with E-state index in [1.807, 2.05) is 13.0 Å². The van der Waals surface area contributed by atoms with E-state index in [1.54, 1.807) is 12.1 Å². The van der Waals surface area contributed by atoms with Crippen molar-refractivity contribution >= 4 is 33.6 Å². The van der Waals surface area contributed by atoms with Crippen LogP contribution < -0.4 is 10.6 Å². The molecule has 1 atom stereocenters. The van der Waals surface area contributed by atoms with Gasteiger partial charge in [-0.2, -0.15) is 0 Å². The molecule has 0 saturated heterocycles. The van der Waals surface area contributed by atoms with Crippen LogP contribution in [0.2, 0.25) is 0 Å². The van der Waals surface area contributed by atoms with Gasteiger partial charge in [0.2, 0.25) is 0 Å². The molecule has 0 fully saturated rings. The largest absolute Gasteiger partial charge is 0.480 e. The maximum Gasteiger partial charge on any atom is 0.326 e. The Kier molecular flexibility index (Phi) is 6.47. The molecule has 0 aromatic heterocycles. The highest BCUT2D eigenvalue weighted by atomic mass is 79.9. The maximum absolute atomic E-state index is 11.8. The summed E-state index contributed by atoms with van der Waals surface area (Å²) < 4.78 is 5.58. The lowest BCUT2D eigenvalue weighted by Gasteiger charge is -2.15. The van der Waals surface area contributed by atoms with Crippen LogP contribution in [0, 0.1) is 6.92 Å². The molecule has 6 nitrogen and oxygen atoms in total. The number of nitrogens with one attached hydrogen (secondary N) is 2. The highest BCUT2D eigenvalue weighted by Gasteiger charge is 2.19. The zero-order valence-electron chi connectivity index (χ0n) is 11.3. The molecule has 0 radical (unpaired) electrons. The molecule has 1 aromatic carbocycles. The van der Waals surface area contributed by atoms with Gasteiger partial charge in [-0.25, -0.2) is 9.59 Å². The summed E-state index contributed by atoms with van der Waals surface area (Å²) in [6.07, 6.45) is 0.203. The van der Waals surface area contributed by atoms with E-state index in [9.17, 15) is 9.59 Å². The Morgan fingerprint density at radius 2 is 2.15 bits per heavy atom. The Bertz CT molecular complexity index is 493. The summed E-state index contributed by atoms with van der Waals surface area (Å²) >= 11 is 3.37. The van der Waals surface area contributed by atoms with Gasteiger partial charge in [-0.15, -0.1) is 0 Å². The molecule has 1 rings (SSSR count). The quantitative estimate of drug-likeness (QED) is 0.739. The van der Waals surface area contributed by atoms with E-state index in [0.717, 1.165) is 10.0 Å². The van der Waals surface area contributed by atoms with Gasteiger partial charge in [0.25, 0.3) is 0 Å². The summed E-state index contributed by atoms with van der Waals surface area (Å²) in [4.78, 5) is 22.8. The number of aliphatic carboxylic acids is 1. The average Bonchev–Trinajstić information content (AvgIpc) is 2.39. The molecule has 0 aliphatic rings. The predicted molar refractivity (Wildman–Crippen MR) is 79.0 cm³/mol. The van der Waals surface area contributed by atoms with Crippen LogP contribution >= 0.6 is 15.9 Å². The molecular weight excluding hydrogens is 328 g/mol. The molecule has 1 aromatic rings. The summed E-state index contributed by atoms with van der Waals surface area (Å²) in [7, 11) is 1.48. The lowest BCUT2D eigenvalue weighted by molar-refractivity contribution is -0.139. The lowest BCUT2D eigenvalue weighted by atomic mass is 10.2. The van der Waals surface area contributed by atoms with Gasteiger partial charge < -0.3 is 20.5 Å². The Morgan fingerprint density at radius 3 is 2.75 bits per heavy atom. The molecule has 0 heterocycles. The van der Waals surface area contributed by atoms with E-state index >= 15 is 0 Å². The average molecular weight is 345 g/mol. The third-order valence-corrected chi connectivity index (χ3v) is 3.71. The minimum Gasteiger partial charge on any atom is -0.480 e. The standard InChI is InChI=1S/C13H17BrN2O4/c1-8-4-3-5-9(11(8)14)15-13(19)16-10(12(17)18)6-7-20-2/h3-5,10H,6-7H2,1-2H3,(H,17,18)(H2,15,16,19). The number of halogens is 1. The normalized spacial score (nSPS) is 11.8. The van der Waals surface area contributed by atoms with E-state index in [2.05, 4.69) is 26.6 Å². The van der Waals surface area contributed by atoms with Crippen molar-refractivity contribution < 1.29 is 19.4 Å². The maximum atomic E-state index is 11.8. The molecule has 0 spiro atoms. The monoisotopic (exact) mass is 344 g/mol. The number of carboxylic acid groups (broad SMARTS) is 1. The number of urea groups is 1. The molecule has 0 saturated carbocycles. The number of hydrogen-bond acceptors (Lipinski definition) is 3. The van der Waals surface area contributed by atoms with Crippen molar-refractivity contribution in [2.45, 2.75) is 19.4 Å². The third kappa shape index (κ3) is 4.82. The number of benzene rings is 1. The Hall–Kier alpha value is -1.60. The molecule has 0 bridgehead atoms. The van der Waals surface area contributed by atoms with Crippen LogP contribution in [0.5, 0.6) is 0 Å². The van der Waals surface area contributed by atoms with E-state index in [-0.39, 0.29) is 13.0 Å². The lowest BCUT2D eigenvalue weighted by Crippen LogP contribution is -2.43. The van der Waals surface area contributed by atoms with Gasteiger partial charge in [0.1, 0.15) is 6.04 Å². The summed E-state index contributed by atoms with van der Waals surface area (Å²) in [5.41, 5.74) is 1.55. The van der Waals surface area contributed by atoms with E-state index in [0.29, 0.717) is 5.69 Å². The molecule has 2 amide bonds. The Morgan fingerprint density at radius 1 is 1.45 bits per heavy atom. The van der Waals surface area contributed by atoms with Crippen LogP contribution in [0.25, 0.3) is 0 Å². The molecule has 3 N–H and O–H groups in total. The van der Waals surface area contributed by atoms with Gasteiger partial charge in [0.05, 0.1) is 5.69 Å². The van der Waals surface area contributed by atoms with Gasteiger partial charge in [-0.05, 0) is 34.5 Å². The van der Waals surface area contributed by atoms with Gasteiger partial charge in [0.15, 0.2) is 0 Å². The molecule has 0 aliphatic heterocycles. The van der Waals surface area contributed by atoms with E-state index < -0.39 is 18.0 Å². The molecule has 20 heavy (non-hydrogen) atoms. The van der Waals surface area contributed by atoms with Crippen molar-refractivity contribution in [3.8, 4) is 0 Å².